The molecular formula is C20H27N2O+. The van der Waals surface area contributed by atoms with Crippen LogP contribution in [0.3, 0.4) is 0 Å². The Balaban J connectivity index is 1.57. The average Bonchev–Trinajstić information content (AvgIpc) is 2.59. The van der Waals surface area contributed by atoms with Gasteiger partial charge in [0.25, 0.3) is 0 Å². The molecule has 0 amide bonds. The summed E-state index contributed by atoms with van der Waals surface area (Å²) in [4.78, 5) is 3.98. The minimum atomic E-state index is -0.363. The number of hydrogen-bond acceptors (Lipinski definition) is 2. The van der Waals surface area contributed by atoms with Gasteiger partial charge in [0, 0.05) is 5.69 Å². The second kappa shape index (κ2) is 7.16. The molecule has 1 saturated heterocycles. The van der Waals surface area contributed by atoms with Crippen molar-refractivity contribution in [1.82, 2.24) is 0 Å². The molecular weight excluding hydrogens is 284 g/mol. The molecule has 1 heterocycles. The molecule has 0 bridgehead atoms. The Kier molecular flexibility index (Phi) is 4.99. The van der Waals surface area contributed by atoms with Crippen molar-refractivity contribution in [3.05, 3.63) is 65.2 Å². The number of benzene rings is 2. The highest BCUT2D eigenvalue weighted by Gasteiger charge is 2.23. The van der Waals surface area contributed by atoms with Gasteiger partial charge < -0.3 is 14.9 Å². The number of hydrogen-bond donors (Lipinski definition) is 2. The van der Waals surface area contributed by atoms with Crippen molar-refractivity contribution in [1.29, 1.82) is 0 Å². The van der Waals surface area contributed by atoms with Crippen LogP contribution < -0.4 is 9.80 Å². The average molecular weight is 311 g/mol. The first-order valence-corrected chi connectivity index (χ1v) is 8.53. The molecule has 0 aromatic heterocycles. The second-order valence-corrected chi connectivity index (χ2v) is 6.59. The molecule has 1 fully saturated rings. The summed E-state index contributed by atoms with van der Waals surface area (Å²) in [6, 6.07) is 16.6. The lowest BCUT2D eigenvalue weighted by Gasteiger charge is -2.35. The second-order valence-electron chi connectivity index (χ2n) is 6.59. The highest BCUT2D eigenvalue weighted by molar-refractivity contribution is 5.56. The van der Waals surface area contributed by atoms with Gasteiger partial charge in [-0.1, -0.05) is 42.5 Å². The molecule has 23 heavy (non-hydrogen) atoms. The molecule has 2 aromatic rings. The van der Waals surface area contributed by atoms with Gasteiger partial charge in [0.05, 0.1) is 26.2 Å². The Bertz CT molecular complexity index is 633. The van der Waals surface area contributed by atoms with Crippen molar-refractivity contribution >= 4 is 5.69 Å². The Hall–Kier alpha value is -1.84. The van der Waals surface area contributed by atoms with E-state index in [1.165, 1.54) is 21.7 Å². The Morgan fingerprint density at radius 2 is 1.70 bits per heavy atom. The molecule has 1 aliphatic heterocycles. The van der Waals surface area contributed by atoms with Crippen molar-refractivity contribution in [2.45, 2.75) is 20.0 Å². The van der Waals surface area contributed by atoms with Crippen LogP contribution in [0.2, 0.25) is 0 Å². The molecule has 0 spiro atoms. The van der Waals surface area contributed by atoms with Crippen LogP contribution in [0.4, 0.5) is 5.69 Å². The molecule has 0 unspecified atom stereocenters. The van der Waals surface area contributed by atoms with E-state index in [9.17, 15) is 5.11 Å². The van der Waals surface area contributed by atoms with Crippen LogP contribution in [0.1, 0.15) is 22.8 Å². The van der Waals surface area contributed by atoms with Gasteiger partial charge in [-0.15, -0.1) is 0 Å². The number of aliphatic hydroxyl groups is 1. The van der Waals surface area contributed by atoms with Gasteiger partial charge in [-0.2, -0.15) is 0 Å². The van der Waals surface area contributed by atoms with Gasteiger partial charge >= 0.3 is 0 Å². The number of aliphatic hydroxyl groups excluding tert-OH is 1. The van der Waals surface area contributed by atoms with Crippen LogP contribution in [-0.2, 0) is 0 Å². The highest BCUT2D eigenvalue weighted by atomic mass is 16.3. The normalized spacial score (nSPS) is 17.3. The third-order valence-electron chi connectivity index (χ3n) is 5.05. The van der Waals surface area contributed by atoms with E-state index < -0.39 is 0 Å². The Morgan fingerprint density at radius 3 is 2.39 bits per heavy atom. The molecule has 2 N–H and O–H groups in total. The molecule has 2 aromatic carbocycles. The zero-order chi connectivity index (χ0) is 16.2. The number of rotatable bonds is 4. The van der Waals surface area contributed by atoms with E-state index in [0.29, 0.717) is 0 Å². The number of aryl methyl sites for hydroxylation is 1. The first-order chi connectivity index (χ1) is 11.1. The van der Waals surface area contributed by atoms with Gasteiger partial charge in [-0.3, -0.25) is 0 Å². The number of nitrogens with zero attached hydrogens (tertiary/aromatic N) is 1. The van der Waals surface area contributed by atoms with Gasteiger partial charge in [0.1, 0.15) is 12.6 Å². The van der Waals surface area contributed by atoms with Crippen LogP contribution in [0.25, 0.3) is 0 Å². The SMILES string of the molecule is Cc1cccc(N2CC[NH+](C[C@H](O)c3ccccc3)CC2)c1C. The third-order valence-corrected chi connectivity index (χ3v) is 5.05. The lowest BCUT2D eigenvalue weighted by molar-refractivity contribution is -0.904. The van der Waals surface area contributed by atoms with Crippen LogP contribution in [-0.4, -0.2) is 37.8 Å². The lowest BCUT2D eigenvalue weighted by Crippen LogP contribution is -3.15. The fourth-order valence-corrected chi connectivity index (χ4v) is 3.41. The van der Waals surface area contributed by atoms with Crippen LogP contribution in [0, 0.1) is 13.8 Å². The fourth-order valence-electron chi connectivity index (χ4n) is 3.41. The molecule has 122 valence electrons. The van der Waals surface area contributed by atoms with Gasteiger partial charge in [-0.25, -0.2) is 0 Å². The zero-order valence-corrected chi connectivity index (χ0v) is 14.1. The monoisotopic (exact) mass is 311 g/mol. The summed E-state index contributed by atoms with van der Waals surface area (Å²) in [7, 11) is 0. The number of anilines is 1. The first-order valence-electron chi connectivity index (χ1n) is 8.53. The summed E-state index contributed by atoms with van der Waals surface area (Å²) in [5.41, 5.74) is 5.14. The Morgan fingerprint density at radius 1 is 1.00 bits per heavy atom. The predicted molar refractivity (Wildman–Crippen MR) is 95.1 cm³/mol. The summed E-state index contributed by atoms with van der Waals surface area (Å²) in [6.07, 6.45) is -0.363. The summed E-state index contributed by atoms with van der Waals surface area (Å²) < 4.78 is 0. The molecule has 0 saturated carbocycles. The Labute approximate surface area is 139 Å². The van der Waals surface area contributed by atoms with E-state index in [1.54, 1.807) is 0 Å². The molecule has 1 atom stereocenters. The van der Waals surface area contributed by atoms with E-state index in [2.05, 4.69) is 36.9 Å². The molecule has 1 aliphatic rings. The highest BCUT2D eigenvalue weighted by Crippen LogP contribution is 2.22. The minimum absolute atomic E-state index is 0.363. The van der Waals surface area contributed by atoms with E-state index >= 15 is 0 Å². The standard InChI is InChI=1S/C20H26N2O/c1-16-7-6-10-19(17(16)2)22-13-11-21(12-14-22)15-20(23)18-8-4-3-5-9-18/h3-10,20,23H,11-15H2,1-2H3/p+1/t20-/m0/s1. The van der Waals surface area contributed by atoms with Crippen molar-refractivity contribution in [3.63, 3.8) is 0 Å². The van der Waals surface area contributed by atoms with E-state index in [1.807, 2.05) is 30.3 Å². The molecule has 3 rings (SSSR count). The molecule has 3 heteroatoms. The molecule has 0 aliphatic carbocycles. The summed E-state index contributed by atoms with van der Waals surface area (Å²) in [6.45, 7) is 9.46. The van der Waals surface area contributed by atoms with Gasteiger partial charge in [0.15, 0.2) is 0 Å². The molecule has 3 nitrogen and oxygen atoms in total. The number of piperazine rings is 1. The third kappa shape index (κ3) is 3.74. The topological polar surface area (TPSA) is 27.9 Å². The van der Waals surface area contributed by atoms with Gasteiger partial charge in [0.2, 0.25) is 0 Å². The molecule has 0 radical (unpaired) electrons. The smallest absolute Gasteiger partial charge is 0.128 e. The van der Waals surface area contributed by atoms with Crippen molar-refractivity contribution in [3.8, 4) is 0 Å². The minimum Gasteiger partial charge on any atom is -0.382 e. The summed E-state index contributed by atoms with van der Waals surface area (Å²) in [5, 5.41) is 10.4. The predicted octanol–water partition coefficient (Wildman–Crippen LogP) is 1.74. The van der Waals surface area contributed by atoms with Crippen LogP contribution in [0.5, 0.6) is 0 Å². The maximum Gasteiger partial charge on any atom is 0.128 e. The van der Waals surface area contributed by atoms with E-state index in [-0.39, 0.29) is 6.10 Å². The van der Waals surface area contributed by atoms with Crippen molar-refractivity contribution in [2.24, 2.45) is 0 Å². The fraction of sp³-hybridized carbons (Fsp3) is 0.400. The zero-order valence-electron chi connectivity index (χ0n) is 14.1. The first kappa shape index (κ1) is 16.0. The number of quaternary nitrogens is 1. The van der Waals surface area contributed by atoms with E-state index in [0.717, 1.165) is 38.3 Å². The quantitative estimate of drug-likeness (QED) is 0.900. The summed E-state index contributed by atoms with van der Waals surface area (Å²) >= 11 is 0. The van der Waals surface area contributed by atoms with Gasteiger partial charge in [-0.05, 0) is 36.6 Å². The maximum atomic E-state index is 10.4. The maximum absolute atomic E-state index is 10.4. The van der Waals surface area contributed by atoms with E-state index in [4.69, 9.17) is 0 Å². The summed E-state index contributed by atoms with van der Waals surface area (Å²) in [5.74, 6) is 0. The number of nitrogens with one attached hydrogen (secondary N) is 1. The van der Waals surface area contributed by atoms with Crippen LogP contribution in [0.15, 0.2) is 48.5 Å². The van der Waals surface area contributed by atoms with Crippen molar-refractivity contribution < 1.29 is 10.0 Å². The van der Waals surface area contributed by atoms with Crippen molar-refractivity contribution in [2.75, 3.05) is 37.6 Å². The van der Waals surface area contributed by atoms with Crippen LogP contribution >= 0.6 is 0 Å². The lowest BCUT2D eigenvalue weighted by atomic mass is 10.1. The largest absolute Gasteiger partial charge is 0.382 e.